The van der Waals surface area contributed by atoms with Crippen molar-refractivity contribution in [2.45, 2.75) is 18.9 Å². The molecule has 0 saturated heterocycles. The van der Waals surface area contributed by atoms with Gasteiger partial charge >= 0.3 is 0 Å². The molecule has 0 radical (unpaired) electrons. The van der Waals surface area contributed by atoms with Gasteiger partial charge < -0.3 is 0 Å². The molecule has 2 heterocycles. The van der Waals surface area contributed by atoms with E-state index in [-0.39, 0.29) is 0 Å². The van der Waals surface area contributed by atoms with Crippen LogP contribution < -0.4 is 4.72 Å². The van der Waals surface area contributed by atoms with Crippen LogP contribution in [0.1, 0.15) is 11.4 Å². The summed E-state index contributed by atoms with van der Waals surface area (Å²) < 4.78 is 39.6. The summed E-state index contributed by atoms with van der Waals surface area (Å²) in [5, 5.41) is 5.85. The number of aryl methyl sites for hydroxylation is 2. The van der Waals surface area contributed by atoms with Gasteiger partial charge in [-0.3, -0.25) is 9.82 Å². The van der Waals surface area contributed by atoms with Crippen LogP contribution >= 0.6 is 0 Å². The number of halogens is 1. The van der Waals surface area contributed by atoms with Crippen LogP contribution in [0.25, 0.3) is 0 Å². The Morgan fingerprint density at radius 2 is 2.11 bits per heavy atom. The van der Waals surface area contributed by atoms with E-state index >= 15 is 0 Å². The molecule has 96 valence electrons. The molecule has 0 atom stereocenters. The standard InChI is InChI=1S/C10H11FN4O2S/c1-6-9(7(2)14-13-6)15-18(16,17)10-8(11)4-3-5-12-10/h3-5,15H,1-2H3,(H,13,14). The van der Waals surface area contributed by atoms with Gasteiger partial charge in [-0.2, -0.15) is 13.5 Å². The number of H-pyrrole nitrogens is 1. The summed E-state index contributed by atoms with van der Waals surface area (Å²) in [6.07, 6.45) is 1.22. The van der Waals surface area contributed by atoms with Crippen LogP contribution in [0.5, 0.6) is 0 Å². The van der Waals surface area contributed by atoms with E-state index in [0.717, 1.165) is 6.07 Å². The van der Waals surface area contributed by atoms with Gasteiger partial charge in [-0.05, 0) is 26.0 Å². The molecular formula is C10H11FN4O2S. The Kier molecular flexibility index (Phi) is 3.04. The van der Waals surface area contributed by atoms with E-state index < -0.39 is 20.9 Å². The molecule has 18 heavy (non-hydrogen) atoms. The summed E-state index contributed by atoms with van der Waals surface area (Å²) in [4.78, 5) is 3.53. The number of aromatic nitrogens is 3. The summed E-state index contributed by atoms with van der Waals surface area (Å²) in [5.41, 5.74) is 1.33. The highest BCUT2D eigenvalue weighted by molar-refractivity contribution is 7.92. The van der Waals surface area contributed by atoms with Gasteiger partial charge in [0.25, 0.3) is 10.0 Å². The summed E-state index contributed by atoms with van der Waals surface area (Å²) in [6, 6.07) is 2.36. The first-order chi connectivity index (χ1) is 8.42. The van der Waals surface area contributed by atoms with Crippen LogP contribution in [0.4, 0.5) is 10.1 Å². The van der Waals surface area contributed by atoms with Crippen LogP contribution in [-0.4, -0.2) is 23.6 Å². The fraction of sp³-hybridized carbons (Fsp3) is 0.200. The number of nitrogens with one attached hydrogen (secondary N) is 2. The molecule has 0 unspecified atom stereocenters. The third-order valence-corrected chi connectivity index (χ3v) is 3.63. The first kappa shape index (κ1) is 12.5. The minimum absolute atomic E-state index is 0.306. The number of aromatic amines is 1. The SMILES string of the molecule is Cc1n[nH]c(C)c1NS(=O)(=O)c1ncccc1F. The van der Waals surface area contributed by atoms with Crippen molar-refractivity contribution in [1.82, 2.24) is 15.2 Å². The second kappa shape index (κ2) is 4.37. The number of sulfonamides is 1. The Balaban J connectivity index is 2.43. The Hall–Kier alpha value is -1.96. The maximum atomic E-state index is 13.4. The third kappa shape index (κ3) is 2.19. The Labute approximate surface area is 103 Å². The van der Waals surface area contributed by atoms with E-state index in [1.807, 2.05) is 0 Å². The van der Waals surface area contributed by atoms with E-state index in [2.05, 4.69) is 19.9 Å². The topological polar surface area (TPSA) is 87.7 Å². The van der Waals surface area contributed by atoms with Gasteiger partial charge in [-0.15, -0.1) is 0 Å². The lowest BCUT2D eigenvalue weighted by Crippen LogP contribution is -2.17. The molecule has 8 heteroatoms. The zero-order valence-electron chi connectivity index (χ0n) is 9.73. The number of hydrogen-bond acceptors (Lipinski definition) is 4. The van der Waals surface area contributed by atoms with Crippen LogP contribution in [0.3, 0.4) is 0 Å². The molecule has 0 aliphatic heterocycles. The lowest BCUT2D eigenvalue weighted by Gasteiger charge is -2.07. The van der Waals surface area contributed by atoms with Crippen molar-refractivity contribution < 1.29 is 12.8 Å². The predicted octanol–water partition coefficient (Wildman–Crippen LogP) is 1.36. The van der Waals surface area contributed by atoms with Crippen molar-refractivity contribution in [2.24, 2.45) is 0 Å². The largest absolute Gasteiger partial charge is 0.282 e. The van der Waals surface area contributed by atoms with Crippen molar-refractivity contribution in [3.63, 3.8) is 0 Å². The molecule has 6 nitrogen and oxygen atoms in total. The second-order valence-corrected chi connectivity index (χ2v) is 5.30. The van der Waals surface area contributed by atoms with Gasteiger partial charge in [0.05, 0.1) is 17.1 Å². The fourth-order valence-electron chi connectivity index (χ4n) is 1.45. The Bertz CT molecular complexity index is 661. The summed E-state index contributed by atoms with van der Waals surface area (Å²) in [6.45, 7) is 3.29. The molecule has 0 amide bonds. The quantitative estimate of drug-likeness (QED) is 0.881. The summed E-state index contributed by atoms with van der Waals surface area (Å²) in [7, 11) is -4.06. The monoisotopic (exact) mass is 270 g/mol. The Morgan fingerprint density at radius 1 is 1.39 bits per heavy atom. The maximum Gasteiger partial charge on any atom is 0.282 e. The van der Waals surface area contributed by atoms with Gasteiger partial charge in [0.1, 0.15) is 0 Å². The molecule has 0 aliphatic rings. The molecule has 0 spiro atoms. The van der Waals surface area contributed by atoms with Gasteiger partial charge in [0.15, 0.2) is 5.82 Å². The van der Waals surface area contributed by atoms with Gasteiger partial charge in [-0.25, -0.2) is 9.37 Å². The maximum absolute atomic E-state index is 13.4. The summed E-state index contributed by atoms with van der Waals surface area (Å²) >= 11 is 0. The minimum atomic E-state index is -4.06. The molecule has 0 aromatic carbocycles. The molecular weight excluding hydrogens is 259 g/mol. The fourth-order valence-corrected chi connectivity index (χ4v) is 2.64. The lowest BCUT2D eigenvalue weighted by atomic mass is 10.3. The number of anilines is 1. The number of hydrogen-bond donors (Lipinski definition) is 2. The smallest absolute Gasteiger partial charge is 0.280 e. The van der Waals surface area contributed by atoms with Crippen LogP contribution in [-0.2, 0) is 10.0 Å². The molecule has 0 saturated carbocycles. The first-order valence-electron chi connectivity index (χ1n) is 5.06. The van der Waals surface area contributed by atoms with Crippen LogP contribution in [0, 0.1) is 19.7 Å². The molecule has 2 aromatic heterocycles. The zero-order chi connectivity index (χ0) is 13.3. The first-order valence-corrected chi connectivity index (χ1v) is 6.55. The van der Waals surface area contributed by atoms with E-state index in [4.69, 9.17) is 0 Å². The van der Waals surface area contributed by atoms with Gasteiger partial charge in [0.2, 0.25) is 5.03 Å². The van der Waals surface area contributed by atoms with Crippen molar-refractivity contribution in [1.29, 1.82) is 0 Å². The average Bonchev–Trinajstić information content (AvgIpc) is 2.61. The highest BCUT2D eigenvalue weighted by atomic mass is 32.2. The van der Waals surface area contributed by atoms with Crippen molar-refractivity contribution in [3.8, 4) is 0 Å². The number of pyridine rings is 1. The molecule has 2 rings (SSSR count). The van der Waals surface area contributed by atoms with E-state index in [0.29, 0.717) is 17.1 Å². The predicted molar refractivity (Wildman–Crippen MR) is 63.1 cm³/mol. The third-order valence-electron chi connectivity index (χ3n) is 2.34. The Morgan fingerprint density at radius 3 is 2.67 bits per heavy atom. The molecule has 2 aromatic rings. The highest BCUT2D eigenvalue weighted by Crippen LogP contribution is 2.21. The average molecular weight is 270 g/mol. The second-order valence-electron chi connectivity index (χ2n) is 3.70. The highest BCUT2D eigenvalue weighted by Gasteiger charge is 2.22. The molecule has 0 fully saturated rings. The normalized spacial score (nSPS) is 11.5. The molecule has 2 N–H and O–H groups in total. The van der Waals surface area contributed by atoms with E-state index in [1.165, 1.54) is 12.3 Å². The van der Waals surface area contributed by atoms with Crippen LogP contribution in [0.15, 0.2) is 23.4 Å². The number of nitrogens with zero attached hydrogens (tertiary/aromatic N) is 2. The van der Waals surface area contributed by atoms with Gasteiger partial charge in [0, 0.05) is 6.20 Å². The number of rotatable bonds is 3. The summed E-state index contributed by atoms with van der Waals surface area (Å²) in [5.74, 6) is -0.899. The van der Waals surface area contributed by atoms with Crippen molar-refractivity contribution >= 4 is 15.7 Å². The zero-order valence-corrected chi connectivity index (χ0v) is 10.5. The van der Waals surface area contributed by atoms with Crippen molar-refractivity contribution in [2.75, 3.05) is 4.72 Å². The molecule has 0 aliphatic carbocycles. The van der Waals surface area contributed by atoms with Crippen molar-refractivity contribution in [3.05, 3.63) is 35.5 Å². The van der Waals surface area contributed by atoms with Crippen LogP contribution in [0.2, 0.25) is 0 Å². The molecule has 0 bridgehead atoms. The minimum Gasteiger partial charge on any atom is -0.280 e. The lowest BCUT2D eigenvalue weighted by molar-refractivity contribution is 0.556. The van der Waals surface area contributed by atoms with E-state index in [1.54, 1.807) is 13.8 Å². The van der Waals surface area contributed by atoms with E-state index in [9.17, 15) is 12.8 Å². The van der Waals surface area contributed by atoms with Gasteiger partial charge in [-0.1, -0.05) is 0 Å².